The Morgan fingerprint density at radius 1 is 1.36 bits per heavy atom. The van der Waals surface area contributed by atoms with Gasteiger partial charge in [-0.25, -0.2) is 0 Å². The lowest BCUT2D eigenvalue weighted by Gasteiger charge is -2.10. The minimum Gasteiger partial charge on any atom is -0.382 e. The highest BCUT2D eigenvalue weighted by molar-refractivity contribution is 14.1. The van der Waals surface area contributed by atoms with Crippen LogP contribution in [0.2, 0.25) is 0 Å². The average Bonchev–Trinajstić information content (AvgIpc) is 1.90. The number of nitrogens with zero attached hydrogens (tertiary/aromatic N) is 2. The lowest BCUT2D eigenvalue weighted by molar-refractivity contribution is -0.791. The number of aliphatic hydroxyl groups is 1. The van der Waals surface area contributed by atoms with Crippen molar-refractivity contribution in [2.24, 2.45) is 0 Å². The summed E-state index contributed by atoms with van der Waals surface area (Å²) in [6.07, 6.45) is 0. The van der Waals surface area contributed by atoms with Gasteiger partial charge in [0.25, 0.3) is 0 Å². The van der Waals surface area contributed by atoms with E-state index in [1.54, 1.807) is 0 Å². The standard InChI is InChI=1S/C3H5IN2O5/c4-1-3(2-7,5(8)9)6(10)11/h7H,1-2H2. The molecule has 0 aromatic rings. The first-order valence-corrected chi connectivity index (χ1v) is 3.99. The van der Waals surface area contributed by atoms with Gasteiger partial charge in [-0.05, 0) is 0 Å². The predicted octanol–water partition coefficient (Wildman–Crippen LogP) is -0.337. The van der Waals surface area contributed by atoms with Crippen molar-refractivity contribution in [3.05, 3.63) is 20.2 Å². The molecule has 0 aromatic carbocycles. The van der Waals surface area contributed by atoms with Gasteiger partial charge in [-0.1, -0.05) is 22.6 Å². The van der Waals surface area contributed by atoms with Gasteiger partial charge in [-0.2, -0.15) is 0 Å². The van der Waals surface area contributed by atoms with Crippen molar-refractivity contribution in [1.82, 2.24) is 0 Å². The van der Waals surface area contributed by atoms with Gasteiger partial charge in [0.15, 0.2) is 6.61 Å². The van der Waals surface area contributed by atoms with Crippen molar-refractivity contribution in [3.8, 4) is 0 Å². The van der Waals surface area contributed by atoms with Crippen molar-refractivity contribution in [3.63, 3.8) is 0 Å². The molecule has 0 saturated carbocycles. The number of aliphatic hydroxyl groups excluding tert-OH is 1. The van der Waals surface area contributed by atoms with Gasteiger partial charge in [0.1, 0.15) is 14.3 Å². The highest BCUT2D eigenvalue weighted by atomic mass is 127. The molecule has 1 N–H and O–H groups in total. The van der Waals surface area contributed by atoms with Gasteiger partial charge >= 0.3 is 5.66 Å². The Hall–Kier alpha value is -0.510. The Balaban J connectivity index is 4.76. The van der Waals surface area contributed by atoms with Crippen molar-refractivity contribution >= 4 is 22.6 Å². The van der Waals surface area contributed by atoms with Crippen molar-refractivity contribution in [2.45, 2.75) is 5.66 Å². The minimum absolute atomic E-state index is 0.360. The van der Waals surface area contributed by atoms with Crippen LogP contribution < -0.4 is 0 Å². The summed E-state index contributed by atoms with van der Waals surface area (Å²) in [6, 6.07) is 0. The van der Waals surface area contributed by atoms with E-state index in [2.05, 4.69) is 0 Å². The SMILES string of the molecule is O=[N+]([O-])C(CO)(CI)[N+](=O)[O-]. The molecule has 0 aromatic heterocycles. The third kappa shape index (κ3) is 1.74. The van der Waals surface area contributed by atoms with E-state index in [1.165, 1.54) is 22.6 Å². The summed E-state index contributed by atoms with van der Waals surface area (Å²) < 4.78 is -0.360. The molecule has 0 heterocycles. The molecule has 11 heavy (non-hydrogen) atoms. The van der Waals surface area contributed by atoms with Crippen LogP contribution in [0.15, 0.2) is 0 Å². The molecular formula is C3H5IN2O5. The van der Waals surface area contributed by atoms with Gasteiger partial charge in [0.2, 0.25) is 0 Å². The first kappa shape index (κ1) is 10.5. The molecule has 0 aliphatic rings. The molecule has 7 nitrogen and oxygen atoms in total. The maximum atomic E-state index is 10.1. The Bertz CT molecular complexity index is 163. The lowest BCUT2D eigenvalue weighted by atomic mass is 10.2. The summed E-state index contributed by atoms with van der Waals surface area (Å²) in [5, 5.41) is 28.7. The van der Waals surface area contributed by atoms with E-state index in [-0.39, 0.29) is 4.43 Å². The van der Waals surface area contributed by atoms with Crippen LogP contribution in [-0.4, -0.2) is 31.7 Å². The molecular weight excluding hydrogens is 271 g/mol. The van der Waals surface area contributed by atoms with Gasteiger partial charge in [-0.15, -0.1) is 0 Å². The first-order chi connectivity index (χ1) is 5.01. The molecule has 0 atom stereocenters. The highest BCUT2D eigenvalue weighted by Crippen LogP contribution is 2.13. The molecule has 0 bridgehead atoms. The molecule has 0 aliphatic carbocycles. The minimum atomic E-state index is -2.43. The maximum absolute atomic E-state index is 10.1. The van der Waals surface area contributed by atoms with Gasteiger partial charge in [0, 0.05) is 0 Å². The monoisotopic (exact) mass is 276 g/mol. The Labute approximate surface area is 74.8 Å². The predicted molar refractivity (Wildman–Crippen MR) is 42.7 cm³/mol. The molecule has 0 fully saturated rings. The molecule has 64 valence electrons. The van der Waals surface area contributed by atoms with E-state index in [0.29, 0.717) is 0 Å². The summed E-state index contributed by atoms with van der Waals surface area (Å²) in [7, 11) is 0. The number of nitro groups is 2. The van der Waals surface area contributed by atoms with Gasteiger partial charge in [0.05, 0.1) is 0 Å². The zero-order valence-corrected chi connectivity index (χ0v) is 7.42. The quantitative estimate of drug-likeness (QED) is 0.248. The van der Waals surface area contributed by atoms with Gasteiger partial charge < -0.3 is 5.11 Å². The van der Waals surface area contributed by atoms with Crippen LogP contribution >= 0.6 is 22.6 Å². The normalized spacial score (nSPS) is 11.1. The molecule has 0 amide bonds. The highest BCUT2D eigenvalue weighted by Gasteiger charge is 2.54. The van der Waals surface area contributed by atoms with E-state index in [4.69, 9.17) is 5.11 Å². The third-order valence-electron chi connectivity index (χ3n) is 1.15. The fourth-order valence-corrected chi connectivity index (χ4v) is 1.12. The van der Waals surface area contributed by atoms with Crippen LogP contribution in [0.5, 0.6) is 0 Å². The number of rotatable bonds is 4. The smallest absolute Gasteiger partial charge is 0.382 e. The summed E-state index contributed by atoms with van der Waals surface area (Å²) in [5.74, 6) is 0. The molecule has 0 saturated heterocycles. The van der Waals surface area contributed by atoms with Crippen LogP contribution in [-0.2, 0) is 0 Å². The Morgan fingerprint density at radius 2 is 1.73 bits per heavy atom. The van der Waals surface area contributed by atoms with Gasteiger partial charge in [-0.3, -0.25) is 20.2 Å². The van der Waals surface area contributed by atoms with E-state index in [9.17, 15) is 20.2 Å². The number of hydrogen-bond donors (Lipinski definition) is 1. The Morgan fingerprint density at radius 3 is 1.73 bits per heavy atom. The fraction of sp³-hybridized carbons (Fsp3) is 1.00. The van der Waals surface area contributed by atoms with Crippen LogP contribution in [0.1, 0.15) is 0 Å². The molecule has 0 radical (unpaired) electrons. The second-order valence-electron chi connectivity index (χ2n) is 1.79. The van der Waals surface area contributed by atoms with Crippen LogP contribution in [0.25, 0.3) is 0 Å². The van der Waals surface area contributed by atoms with E-state index < -0.39 is 22.1 Å². The molecule has 0 aliphatic heterocycles. The van der Waals surface area contributed by atoms with E-state index in [0.717, 1.165) is 0 Å². The lowest BCUT2D eigenvalue weighted by Crippen LogP contribution is -2.51. The summed E-state index contributed by atoms with van der Waals surface area (Å²) in [5.41, 5.74) is -2.43. The largest absolute Gasteiger partial charge is 0.489 e. The summed E-state index contributed by atoms with van der Waals surface area (Å²) in [6.45, 7) is -1.09. The number of hydrogen-bond acceptors (Lipinski definition) is 5. The average molecular weight is 276 g/mol. The fourth-order valence-electron chi connectivity index (χ4n) is 0.322. The maximum Gasteiger partial charge on any atom is 0.489 e. The zero-order valence-electron chi connectivity index (χ0n) is 5.27. The second-order valence-corrected chi connectivity index (χ2v) is 2.55. The Kier molecular flexibility index (Phi) is 3.58. The van der Waals surface area contributed by atoms with Crippen molar-refractivity contribution in [1.29, 1.82) is 0 Å². The van der Waals surface area contributed by atoms with Crippen LogP contribution in [0.3, 0.4) is 0 Å². The molecule has 0 spiro atoms. The topological polar surface area (TPSA) is 107 Å². The van der Waals surface area contributed by atoms with Crippen molar-refractivity contribution < 1.29 is 15.0 Å². The number of alkyl halides is 1. The van der Waals surface area contributed by atoms with Crippen LogP contribution in [0, 0.1) is 20.2 Å². The molecule has 0 unspecified atom stereocenters. The zero-order chi connectivity index (χ0) is 9.07. The van der Waals surface area contributed by atoms with Crippen LogP contribution in [0.4, 0.5) is 0 Å². The molecule has 8 heteroatoms. The second kappa shape index (κ2) is 3.76. The number of halogens is 1. The molecule has 0 rings (SSSR count). The van der Waals surface area contributed by atoms with E-state index >= 15 is 0 Å². The van der Waals surface area contributed by atoms with Crippen molar-refractivity contribution in [2.75, 3.05) is 11.0 Å². The third-order valence-corrected chi connectivity index (χ3v) is 2.37. The van der Waals surface area contributed by atoms with E-state index in [1.807, 2.05) is 0 Å². The summed E-state index contributed by atoms with van der Waals surface area (Å²) in [4.78, 5) is 18.1. The first-order valence-electron chi connectivity index (χ1n) is 2.47. The summed E-state index contributed by atoms with van der Waals surface area (Å²) >= 11 is 1.49.